The zero-order valence-corrected chi connectivity index (χ0v) is 9.22. The van der Waals surface area contributed by atoms with E-state index < -0.39 is 0 Å². The molecular formula is C13H12N4. The number of nitrogens with one attached hydrogen (secondary N) is 2. The van der Waals surface area contributed by atoms with Crippen LogP contribution in [0, 0.1) is 0 Å². The van der Waals surface area contributed by atoms with Gasteiger partial charge >= 0.3 is 0 Å². The lowest BCUT2D eigenvalue weighted by atomic mass is 10.1. The highest BCUT2D eigenvalue weighted by Gasteiger charge is 2.04. The average molecular weight is 224 g/mol. The molecule has 0 fully saturated rings. The fourth-order valence-electron chi connectivity index (χ4n) is 1.79. The van der Waals surface area contributed by atoms with Crippen molar-refractivity contribution in [2.45, 2.75) is 6.42 Å². The van der Waals surface area contributed by atoms with Gasteiger partial charge in [0.1, 0.15) is 5.69 Å². The van der Waals surface area contributed by atoms with Gasteiger partial charge in [0.2, 0.25) is 0 Å². The van der Waals surface area contributed by atoms with E-state index in [1.807, 2.05) is 24.4 Å². The molecular weight excluding hydrogens is 212 g/mol. The Morgan fingerprint density at radius 3 is 2.71 bits per heavy atom. The van der Waals surface area contributed by atoms with Crippen LogP contribution in [0.5, 0.6) is 0 Å². The molecule has 0 radical (unpaired) electrons. The van der Waals surface area contributed by atoms with Crippen LogP contribution in [0.3, 0.4) is 0 Å². The molecule has 0 unspecified atom stereocenters. The first-order chi connectivity index (χ1) is 8.42. The maximum Gasteiger partial charge on any atom is 0.155 e. The molecule has 0 aliphatic rings. The van der Waals surface area contributed by atoms with Crippen molar-refractivity contribution in [1.82, 2.24) is 19.9 Å². The molecule has 0 bridgehead atoms. The molecule has 0 aliphatic carbocycles. The maximum absolute atomic E-state index is 4.33. The number of hydrogen-bond donors (Lipinski definition) is 2. The van der Waals surface area contributed by atoms with E-state index in [-0.39, 0.29) is 0 Å². The fourth-order valence-corrected chi connectivity index (χ4v) is 1.79. The summed E-state index contributed by atoms with van der Waals surface area (Å²) in [6.07, 6.45) is 6.13. The molecule has 0 spiro atoms. The third kappa shape index (κ3) is 2.10. The van der Waals surface area contributed by atoms with Gasteiger partial charge < -0.3 is 9.97 Å². The summed E-state index contributed by atoms with van der Waals surface area (Å²) in [7, 11) is 0. The molecule has 0 saturated carbocycles. The summed E-state index contributed by atoms with van der Waals surface area (Å²) in [5.41, 5.74) is 3.28. The third-order valence-electron chi connectivity index (χ3n) is 2.62. The molecule has 4 heteroatoms. The van der Waals surface area contributed by atoms with Crippen molar-refractivity contribution in [3.63, 3.8) is 0 Å². The van der Waals surface area contributed by atoms with Gasteiger partial charge in [-0.2, -0.15) is 0 Å². The predicted octanol–water partition coefficient (Wildman–Crippen LogP) is 2.39. The van der Waals surface area contributed by atoms with Crippen LogP contribution in [0.4, 0.5) is 0 Å². The lowest BCUT2D eigenvalue weighted by Gasteiger charge is -1.97. The van der Waals surface area contributed by atoms with Crippen LogP contribution in [-0.2, 0) is 6.42 Å². The van der Waals surface area contributed by atoms with Crippen LogP contribution in [0.1, 0.15) is 11.3 Å². The highest BCUT2D eigenvalue weighted by Crippen LogP contribution is 2.13. The molecule has 3 rings (SSSR count). The van der Waals surface area contributed by atoms with E-state index in [9.17, 15) is 0 Å². The van der Waals surface area contributed by atoms with E-state index >= 15 is 0 Å². The highest BCUT2D eigenvalue weighted by atomic mass is 15.0. The molecule has 3 aromatic rings. The van der Waals surface area contributed by atoms with Crippen LogP contribution in [0.15, 0.2) is 49.1 Å². The van der Waals surface area contributed by atoms with E-state index in [0.29, 0.717) is 0 Å². The number of rotatable bonds is 3. The van der Waals surface area contributed by atoms with Crippen LogP contribution in [0.2, 0.25) is 0 Å². The van der Waals surface area contributed by atoms with Crippen LogP contribution >= 0.6 is 0 Å². The van der Waals surface area contributed by atoms with Crippen LogP contribution < -0.4 is 0 Å². The zero-order chi connectivity index (χ0) is 11.5. The number of aromatic amines is 2. The predicted molar refractivity (Wildman–Crippen MR) is 65.4 cm³/mol. The molecule has 0 saturated heterocycles. The van der Waals surface area contributed by atoms with Gasteiger partial charge in [-0.1, -0.05) is 30.3 Å². The molecule has 17 heavy (non-hydrogen) atoms. The summed E-state index contributed by atoms with van der Waals surface area (Å²) < 4.78 is 0. The minimum absolute atomic E-state index is 0.827. The normalized spacial score (nSPS) is 10.6. The van der Waals surface area contributed by atoms with E-state index in [2.05, 4.69) is 32.1 Å². The van der Waals surface area contributed by atoms with E-state index in [1.165, 1.54) is 5.56 Å². The molecule has 2 N–H and O–H groups in total. The Kier molecular flexibility index (Phi) is 2.46. The van der Waals surface area contributed by atoms with Crippen molar-refractivity contribution in [2.24, 2.45) is 0 Å². The number of nitrogens with zero attached hydrogens (tertiary/aromatic N) is 2. The summed E-state index contributed by atoms with van der Waals surface area (Å²) in [6.45, 7) is 0. The molecule has 2 heterocycles. The first kappa shape index (κ1) is 9.84. The summed E-state index contributed by atoms with van der Waals surface area (Å²) in [4.78, 5) is 14.6. The lowest BCUT2D eigenvalue weighted by Crippen LogP contribution is -1.87. The Labute approximate surface area is 98.8 Å². The summed E-state index contributed by atoms with van der Waals surface area (Å²) >= 11 is 0. The average Bonchev–Trinajstić information content (AvgIpc) is 3.00. The molecule has 0 atom stereocenters. The Morgan fingerprint density at radius 2 is 1.94 bits per heavy atom. The molecule has 0 amide bonds. The van der Waals surface area contributed by atoms with Gasteiger partial charge in [0.25, 0.3) is 0 Å². The van der Waals surface area contributed by atoms with Crippen molar-refractivity contribution in [3.05, 3.63) is 60.3 Å². The lowest BCUT2D eigenvalue weighted by molar-refractivity contribution is 1.11. The first-order valence-corrected chi connectivity index (χ1v) is 5.48. The number of hydrogen-bond acceptors (Lipinski definition) is 2. The van der Waals surface area contributed by atoms with E-state index in [0.717, 1.165) is 23.6 Å². The SMILES string of the molecule is c1ccc(Cc2cnc(-c3cnc[nH]3)[nH]2)cc1. The third-order valence-corrected chi connectivity index (χ3v) is 2.62. The fraction of sp³-hybridized carbons (Fsp3) is 0.0769. The molecule has 84 valence electrons. The number of aromatic nitrogens is 4. The standard InChI is InChI=1S/C13H12N4/c1-2-4-10(5-3-1)6-11-7-15-13(17-11)12-8-14-9-16-12/h1-5,7-9H,6H2,(H,14,16)(H,15,17). The zero-order valence-electron chi connectivity index (χ0n) is 9.22. The monoisotopic (exact) mass is 224 g/mol. The first-order valence-electron chi connectivity index (χ1n) is 5.48. The van der Waals surface area contributed by atoms with Gasteiger partial charge in [0.05, 0.1) is 12.5 Å². The van der Waals surface area contributed by atoms with Gasteiger partial charge in [-0.15, -0.1) is 0 Å². The summed E-state index contributed by atoms with van der Waals surface area (Å²) in [5, 5.41) is 0. The van der Waals surface area contributed by atoms with Crippen molar-refractivity contribution in [2.75, 3.05) is 0 Å². The molecule has 1 aromatic carbocycles. The van der Waals surface area contributed by atoms with Crippen LogP contribution in [-0.4, -0.2) is 19.9 Å². The second kappa shape index (κ2) is 4.25. The van der Waals surface area contributed by atoms with Gasteiger partial charge in [-0.3, -0.25) is 0 Å². The molecule has 4 nitrogen and oxygen atoms in total. The highest BCUT2D eigenvalue weighted by molar-refractivity contribution is 5.47. The van der Waals surface area contributed by atoms with Gasteiger partial charge in [-0.05, 0) is 5.56 Å². The van der Waals surface area contributed by atoms with Crippen molar-refractivity contribution < 1.29 is 0 Å². The Morgan fingerprint density at radius 1 is 1.06 bits per heavy atom. The van der Waals surface area contributed by atoms with Crippen LogP contribution in [0.25, 0.3) is 11.5 Å². The minimum Gasteiger partial charge on any atom is -0.342 e. The topological polar surface area (TPSA) is 57.4 Å². The quantitative estimate of drug-likeness (QED) is 0.717. The van der Waals surface area contributed by atoms with Crippen molar-refractivity contribution >= 4 is 0 Å². The van der Waals surface area contributed by atoms with E-state index in [4.69, 9.17) is 0 Å². The smallest absolute Gasteiger partial charge is 0.155 e. The number of H-pyrrole nitrogens is 2. The Hall–Kier alpha value is -2.36. The number of benzene rings is 1. The summed E-state index contributed by atoms with van der Waals surface area (Å²) in [6, 6.07) is 10.3. The van der Waals surface area contributed by atoms with Gasteiger partial charge in [0, 0.05) is 18.3 Å². The second-order valence-corrected chi connectivity index (χ2v) is 3.88. The van der Waals surface area contributed by atoms with Crippen molar-refractivity contribution in [1.29, 1.82) is 0 Å². The maximum atomic E-state index is 4.33. The Bertz CT molecular complexity index is 581. The largest absolute Gasteiger partial charge is 0.342 e. The van der Waals surface area contributed by atoms with Gasteiger partial charge in [0.15, 0.2) is 5.82 Å². The summed E-state index contributed by atoms with van der Waals surface area (Å²) in [5.74, 6) is 0.827. The number of imidazole rings is 2. The molecule has 2 aromatic heterocycles. The second-order valence-electron chi connectivity index (χ2n) is 3.88. The molecule has 0 aliphatic heterocycles. The van der Waals surface area contributed by atoms with E-state index in [1.54, 1.807) is 12.5 Å². The Balaban J connectivity index is 1.82. The van der Waals surface area contributed by atoms with Crippen molar-refractivity contribution in [3.8, 4) is 11.5 Å². The van der Waals surface area contributed by atoms with Gasteiger partial charge in [-0.25, -0.2) is 9.97 Å². The minimum atomic E-state index is 0.827.